The molecule has 27 heavy (non-hydrogen) atoms. The molecule has 0 spiro atoms. The molecule has 0 bridgehead atoms. The standard InChI is InChI=1S/C21H17NO4S/c1-27(25,26)17-11-7-10-16(14-17)22-21(24)19-13-6-5-12-18(19)20(23)15-8-3-2-4-9-15/h2-14H,1H3,(H,22,24). The molecule has 0 heterocycles. The molecule has 0 aliphatic rings. The average Bonchev–Trinajstić information content (AvgIpc) is 2.67. The molecular formula is C21H17NO4S. The van der Waals surface area contributed by atoms with E-state index in [-0.39, 0.29) is 21.8 Å². The maximum Gasteiger partial charge on any atom is 0.256 e. The highest BCUT2D eigenvalue weighted by atomic mass is 32.2. The zero-order chi connectivity index (χ0) is 19.4. The van der Waals surface area contributed by atoms with Crippen molar-refractivity contribution in [3.8, 4) is 0 Å². The van der Waals surface area contributed by atoms with Crippen LogP contribution in [0.3, 0.4) is 0 Å². The lowest BCUT2D eigenvalue weighted by atomic mass is 9.98. The zero-order valence-corrected chi connectivity index (χ0v) is 15.4. The fourth-order valence-corrected chi connectivity index (χ4v) is 3.29. The molecule has 5 nitrogen and oxygen atoms in total. The van der Waals surface area contributed by atoms with E-state index in [0.29, 0.717) is 11.3 Å². The Kier molecular flexibility index (Phi) is 5.19. The van der Waals surface area contributed by atoms with E-state index in [1.807, 2.05) is 6.07 Å². The molecule has 0 saturated carbocycles. The van der Waals surface area contributed by atoms with Crippen LogP contribution in [0, 0.1) is 0 Å². The van der Waals surface area contributed by atoms with Crippen LogP contribution in [0.25, 0.3) is 0 Å². The molecule has 1 N–H and O–H groups in total. The van der Waals surface area contributed by atoms with Crippen LogP contribution in [0.1, 0.15) is 26.3 Å². The van der Waals surface area contributed by atoms with Gasteiger partial charge in [0.25, 0.3) is 5.91 Å². The van der Waals surface area contributed by atoms with Gasteiger partial charge in [0.2, 0.25) is 0 Å². The number of anilines is 1. The molecule has 0 saturated heterocycles. The van der Waals surface area contributed by atoms with Crippen LogP contribution >= 0.6 is 0 Å². The molecule has 0 radical (unpaired) electrons. The third-order valence-electron chi connectivity index (χ3n) is 3.97. The van der Waals surface area contributed by atoms with E-state index in [2.05, 4.69) is 5.32 Å². The third kappa shape index (κ3) is 4.30. The number of carbonyl (C=O) groups is 2. The quantitative estimate of drug-likeness (QED) is 0.687. The maximum atomic E-state index is 12.8. The number of hydrogen-bond acceptors (Lipinski definition) is 4. The Morgan fingerprint density at radius 1 is 0.778 bits per heavy atom. The van der Waals surface area contributed by atoms with Crippen LogP contribution in [-0.4, -0.2) is 26.4 Å². The second-order valence-electron chi connectivity index (χ2n) is 5.99. The highest BCUT2D eigenvalue weighted by Gasteiger charge is 2.18. The van der Waals surface area contributed by atoms with E-state index in [4.69, 9.17) is 0 Å². The average molecular weight is 379 g/mol. The molecule has 3 aromatic rings. The van der Waals surface area contributed by atoms with Crippen molar-refractivity contribution in [1.82, 2.24) is 0 Å². The van der Waals surface area contributed by atoms with Gasteiger partial charge < -0.3 is 5.32 Å². The number of sulfone groups is 1. The van der Waals surface area contributed by atoms with Gasteiger partial charge in [-0.25, -0.2) is 8.42 Å². The second-order valence-corrected chi connectivity index (χ2v) is 8.01. The van der Waals surface area contributed by atoms with Crippen molar-refractivity contribution in [2.24, 2.45) is 0 Å². The van der Waals surface area contributed by atoms with Gasteiger partial charge in [-0.2, -0.15) is 0 Å². The summed E-state index contributed by atoms with van der Waals surface area (Å²) in [4.78, 5) is 25.6. The van der Waals surface area contributed by atoms with Gasteiger partial charge in [-0.15, -0.1) is 0 Å². The number of nitrogens with one attached hydrogen (secondary N) is 1. The summed E-state index contributed by atoms with van der Waals surface area (Å²) in [6.45, 7) is 0. The minimum absolute atomic E-state index is 0.106. The summed E-state index contributed by atoms with van der Waals surface area (Å²) in [7, 11) is -3.39. The lowest BCUT2D eigenvalue weighted by Gasteiger charge is -2.10. The minimum Gasteiger partial charge on any atom is -0.322 e. The first-order valence-corrected chi connectivity index (χ1v) is 10.1. The Hall–Kier alpha value is -3.25. The largest absolute Gasteiger partial charge is 0.322 e. The van der Waals surface area contributed by atoms with Crippen LogP contribution in [0.15, 0.2) is 83.8 Å². The molecule has 3 aromatic carbocycles. The fraction of sp³-hybridized carbons (Fsp3) is 0.0476. The Bertz CT molecular complexity index is 1110. The molecule has 0 unspecified atom stereocenters. The highest BCUT2D eigenvalue weighted by molar-refractivity contribution is 7.90. The van der Waals surface area contributed by atoms with Crippen molar-refractivity contribution in [1.29, 1.82) is 0 Å². The number of ketones is 1. The molecule has 0 aliphatic heterocycles. The Morgan fingerprint density at radius 2 is 1.41 bits per heavy atom. The van der Waals surface area contributed by atoms with E-state index in [1.165, 1.54) is 12.1 Å². The summed E-state index contributed by atoms with van der Waals surface area (Å²) >= 11 is 0. The lowest BCUT2D eigenvalue weighted by Crippen LogP contribution is -2.17. The first kappa shape index (κ1) is 18.5. The molecule has 0 atom stereocenters. The van der Waals surface area contributed by atoms with E-state index < -0.39 is 15.7 Å². The molecule has 136 valence electrons. The van der Waals surface area contributed by atoms with Crippen molar-refractivity contribution < 1.29 is 18.0 Å². The molecule has 3 rings (SSSR count). The summed E-state index contributed by atoms with van der Waals surface area (Å²) in [6.07, 6.45) is 1.10. The molecule has 0 aliphatic carbocycles. The monoisotopic (exact) mass is 379 g/mol. The Labute approximate surface area is 157 Å². The number of rotatable bonds is 5. The first-order chi connectivity index (χ1) is 12.9. The van der Waals surface area contributed by atoms with Gasteiger partial charge in [-0.1, -0.05) is 54.6 Å². The Balaban J connectivity index is 1.92. The predicted molar refractivity (Wildman–Crippen MR) is 104 cm³/mol. The molecule has 0 fully saturated rings. The zero-order valence-electron chi connectivity index (χ0n) is 14.5. The lowest BCUT2D eigenvalue weighted by molar-refractivity contribution is 0.0996. The van der Waals surface area contributed by atoms with Crippen LogP contribution in [0.5, 0.6) is 0 Å². The van der Waals surface area contributed by atoms with Gasteiger partial charge in [-0.05, 0) is 24.3 Å². The van der Waals surface area contributed by atoms with Crippen molar-refractivity contribution in [3.63, 3.8) is 0 Å². The van der Waals surface area contributed by atoms with E-state index in [1.54, 1.807) is 60.7 Å². The van der Waals surface area contributed by atoms with Crippen molar-refractivity contribution in [2.75, 3.05) is 11.6 Å². The normalized spacial score (nSPS) is 11.0. The third-order valence-corrected chi connectivity index (χ3v) is 5.08. The Morgan fingerprint density at radius 3 is 2.07 bits per heavy atom. The fourth-order valence-electron chi connectivity index (χ4n) is 2.63. The van der Waals surface area contributed by atoms with Gasteiger partial charge in [0.1, 0.15) is 0 Å². The number of benzene rings is 3. The summed E-state index contributed by atoms with van der Waals surface area (Å²) in [5.74, 6) is -0.744. The maximum absolute atomic E-state index is 12.8. The van der Waals surface area contributed by atoms with Gasteiger partial charge >= 0.3 is 0 Å². The minimum atomic E-state index is -3.39. The van der Waals surface area contributed by atoms with E-state index in [9.17, 15) is 18.0 Å². The topological polar surface area (TPSA) is 80.3 Å². The van der Waals surface area contributed by atoms with Crippen LogP contribution < -0.4 is 5.32 Å². The van der Waals surface area contributed by atoms with E-state index >= 15 is 0 Å². The summed E-state index contributed by atoms with van der Waals surface area (Å²) < 4.78 is 23.4. The second kappa shape index (κ2) is 7.55. The van der Waals surface area contributed by atoms with Crippen LogP contribution in [0.2, 0.25) is 0 Å². The van der Waals surface area contributed by atoms with Gasteiger partial charge in [-0.3, -0.25) is 9.59 Å². The summed E-state index contributed by atoms with van der Waals surface area (Å²) in [5, 5.41) is 2.66. The molecule has 0 aromatic heterocycles. The smallest absolute Gasteiger partial charge is 0.256 e. The van der Waals surface area contributed by atoms with Gasteiger partial charge in [0.05, 0.1) is 10.5 Å². The number of hydrogen-bond donors (Lipinski definition) is 1. The summed E-state index contributed by atoms with van der Waals surface area (Å²) in [6, 6.07) is 21.2. The summed E-state index contributed by atoms with van der Waals surface area (Å²) in [5.41, 5.74) is 1.32. The van der Waals surface area contributed by atoms with Crippen LogP contribution in [0.4, 0.5) is 5.69 Å². The predicted octanol–water partition coefficient (Wildman–Crippen LogP) is 3.57. The van der Waals surface area contributed by atoms with Gasteiger partial charge in [0.15, 0.2) is 15.6 Å². The SMILES string of the molecule is CS(=O)(=O)c1cccc(NC(=O)c2ccccc2C(=O)c2ccccc2)c1. The van der Waals surface area contributed by atoms with Gasteiger partial charge in [0, 0.05) is 23.1 Å². The number of amides is 1. The van der Waals surface area contributed by atoms with Crippen molar-refractivity contribution in [2.45, 2.75) is 4.90 Å². The molecule has 6 heteroatoms. The van der Waals surface area contributed by atoms with Crippen molar-refractivity contribution >= 4 is 27.2 Å². The molecule has 1 amide bonds. The van der Waals surface area contributed by atoms with Crippen LogP contribution in [-0.2, 0) is 9.84 Å². The number of carbonyl (C=O) groups excluding carboxylic acids is 2. The first-order valence-electron chi connectivity index (χ1n) is 8.16. The highest BCUT2D eigenvalue weighted by Crippen LogP contribution is 2.19. The van der Waals surface area contributed by atoms with Crippen molar-refractivity contribution in [3.05, 3.63) is 95.6 Å². The van der Waals surface area contributed by atoms with E-state index in [0.717, 1.165) is 6.26 Å². The molecular weight excluding hydrogens is 362 g/mol.